The number of carbonyl (C=O) groups is 1. The van der Waals surface area contributed by atoms with Crippen LogP contribution in [0.15, 0.2) is 17.0 Å². The quantitative estimate of drug-likeness (QED) is 0.688. The minimum Gasteiger partial charge on any atom is -0.396 e. The van der Waals surface area contributed by atoms with Crippen LogP contribution in [0.4, 0.5) is 18.9 Å². The lowest BCUT2D eigenvalue weighted by atomic mass is 10.1. The van der Waals surface area contributed by atoms with Crippen molar-refractivity contribution in [3.05, 3.63) is 22.2 Å². The Morgan fingerprint density at radius 1 is 1.32 bits per heavy atom. The molecule has 124 valence electrons. The Labute approximate surface area is 138 Å². The molecular weight excluding hydrogens is 366 g/mol. The van der Waals surface area contributed by atoms with Crippen molar-refractivity contribution in [3.63, 3.8) is 0 Å². The Morgan fingerprint density at radius 2 is 1.91 bits per heavy atom. The summed E-state index contributed by atoms with van der Waals surface area (Å²) >= 11 is 13.0. The molecule has 10 heteroatoms. The predicted octanol–water partition coefficient (Wildman–Crippen LogP) is 3.33. The lowest BCUT2D eigenvalue weighted by Crippen LogP contribution is -2.52. The summed E-state index contributed by atoms with van der Waals surface area (Å²) in [6, 6.07) is 2.70. The molecule has 0 unspecified atom stereocenters. The van der Waals surface area contributed by atoms with Crippen molar-refractivity contribution in [2.75, 3.05) is 17.7 Å². The number of thioether (sulfide) groups is 1. The number of benzene rings is 1. The number of hydrogen-bond donors (Lipinski definition) is 3. The van der Waals surface area contributed by atoms with Gasteiger partial charge in [0.05, 0.1) is 22.3 Å². The maximum absolute atomic E-state index is 12.6. The van der Waals surface area contributed by atoms with E-state index in [0.717, 1.165) is 0 Å². The molecule has 0 heterocycles. The fourth-order valence-corrected chi connectivity index (χ4v) is 2.57. The van der Waals surface area contributed by atoms with Crippen LogP contribution in [0.25, 0.3) is 0 Å². The number of halogens is 5. The highest BCUT2D eigenvalue weighted by atomic mass is 35.5. The van der Waals surface area contributed by atoms with E-state index in [1.807, 2.05) is 5.32 Å². The zero-order valence-corrected chi connectivity index (χ0v) is 13.5. The first-order valence-corrected chi connectivity index (χ1v) is 7.58. The first-order chi connectivity index (χ1) is 10.0. The van der Waals surface area contributed by atoms with Crippen LogP contribution in [0.2, 0.25) is 10.0 Å². The molecule has 0 aromatic heterocycles. The number of hydrogen-bond acceptors (Lipinski definition) is 4. The number of alkyl halides is 3. The van der Waals surface area contributed by atoms with Gasteiger partial charge in [-0.15, -0.1) is 11.8 Å². The second kappa shape index (κ2) is 7.27. The van der Waals surface area contributed by atoms with Gasteiger partial charge < -0.3 is 15.5 Å². The standard InChI is InChI=1S/C12H12Cl2F3NO3S/c1-11(21,12(15,16)17)10(20)18-6-2-3-7(22-5-4-19)9(14)8(6)13/h2-3,19,21H,4-5H2,1H3,(H,18,20)/t11-/m1/s1. The molecule has 0 saturated heterocycles. The van der Waals surface area contributed by atoms with E-state index >= 15 is 0 Å². The van der Waals surface area contributed by atoms with E-state index < -0.39 is 17.7 Å². The number of rotatable bonds is 5. The molecule has 0 aliphatic heterocycles. The average Bonchev–Trinajstić information content (AvgIpc) is 2.41. The maximum atomic E-state index is 12.6. The number of aliphatic hydroxyl groups is 2. The molecule has 4 nitrogen and oxygen atoms in total. The van der Waals surface area contributed by atoms with Crippen LogP contribution in [-0.2, 0) is 4.79 Å². The van der Waals surface area contributed by atoms with Gasteiger partial charge in [0, 0.05) is 10.6 Å². The predicted molar refractivity (Wildman–Crippen MR) is 79.6 cm³/mol. The van der Waals surface area contributed by atoms with E-state index in [1.54, 1.807) is 0 Å². The third-order valence-corrected chi connectivity index (χ3v) is 4.67. The van der Waals surface area contributed by atoms with Gasteiger partial charge in [0.1, 0.15) is 0 Å². The van der Waals surface area contributed by atoms with Crippen LogP contribution in [0.1, 0.15) is 6.92 Å². The normalized spacial score (nSPS) is 14.5. The molecule has 1 rings (SSSR count). The highest BCUT2D eigenvalue weighted by Crippen LogP contribution is 2.39. The highest BCUT2D eigenvalue weighted by molar-refractivity contribution is 7.99. The summed E-state index contributed by atoms with van der Waals surface area (Å²) < 4.78 is 37.7. The Balaban J connectivity index is 3.00. The Hall–Kier alpha value is -0.670. The second-order valence-electron chi connectivity index (χ2n) is 4.34. The van der Waals surface area contributed by atoms with Gasteiger partial charge in [0.2, 0.25) is 5.60 Å². The van der Waals surface area contributed by atoms with Crippen molar-refractivity contribution in [1.29, 1.82) is 0 Å². The van der Waals surface area contributed by atoms with Crippen molar-refractivity contribution in [2.24, 2.45) is 0 Å². The first kappa shape index (κ1) is 19.4. The molecule has 0 radical (unpaired) electrons. The van der Waals surface area contributed by atoms with Crippen LogP contribution in [0.3, 0.4) is 0 Å². The summed E-state index contributed by atoms with van der Waals surface area (Å²) in [5, 5.41) is 19.8. The molecule has 1 amide bonds. The summed E-state index contributed by atoms with van der Waals surface area (Å²) in [6.07, 6.45) is -5.13. The molecule has 1 atom stereocenters. The molecule has 3 N–H and O–H groups in total. The van der Waals surface area contributed by atoms with Crippen LogP contribution < -0.4 is 5.32 Å². The zero-order chi connectivity index (χ0) is 17.1. The lowest BCUT2D eigenvalue weighted by Gasteiger charge is -2.25. The smallest absolute Gasteiger partial charge is 0.396 e. The van der Waals surface area contributed by atoms with E-state index in [0.29, 0.717) is 17.6 Å². The van der Waals surface area contributed by atoms with Crippen LogP contribution >= 0.6 is 35.0 Å². The number of amides is 1. The van der Waals surface area contributed by atoms with Crippen molar-refractivity contribution in [1.82, 2.24) is 0 Å². The molecule has 22 heavy (non-hydrogen) atoms. The summed E-state index contributed by atoms with van der Waals surface area (Å²) in [4.78, 5) is 12.1. The number of anilines is 1. The Morgan fingerprint density at radius 3 is 2.41 bits per heavy atom. The number of nitrogens with one attached hydrogen (secondary N) is 1. The topological polar surface area (TPSA) is 69.6 Å². The third kappa shape index (κ3) is 4.20. The van der Waals surface area contributed by atoms with Crippen LogP contribution in [0, 0.1) is 0 Å². The van der Waals surface area contributed by atoms with Crippen molar-refractivity contribution < 1.29 is 28.2 Å². The molecule has 0 bridgehead atoms. The third-order valence-electron chi connectivity index (χ3n) is 2.64. The highest BCUT2D eigenvalue weighted by Gasteiger charge is 2.55. The number of carbonyl (C=O) groups excluding carboxylic acids is 1. The minimum absolute atomic E-state index is 0.0320. The summed E-state index contributed by atoms with van der Waals surface area (Å²) in [7, 11) is 0. The molecule has 0 spiro atoms. The van der Waals surface area contributed by atoms with Crippen molar-refractivity contribution in [2.45, 2.75) is 23.6 Å². The number of aliphatic hydroxyl groups excluding tert-OH is 1. The van der Waals surface area contributed by atoms with E-state index in [1.165, 1.54) is 23.9 Å². The van der Waals surface area contributed by atoms with Crippen molar-refractivity contribution >= 4 is 46.6 Å². The SMILES string of the molecule is C[C@@](O)(C(=O)Nc1ccc(SCCO)c(Cl)c1Cl)C(F)(F)F. The van der Waals surface area contributed by atoms with Gasteiger partial charge in [0.15, 0.2) is 0 Å². The van der Waals surface area contributed by atoms with E-state index in [9.17, 15) is 23.1 Å². The van der Waals surface area contributed by atoms with Gasteiger partial charge in [-0.3, -0.25) is 4.79 Å². The Kier molecular flexibility index (Phi) is 6.40. The minimum atomic E-state index is -5.13. The molecule has 0 aliphatic carbocycles. The average molecular weight is 378 g/mol. The molecule has 1 aromatic carbocycles. The second-order valence-corrected chi connectivity index (χ2v) is 6.23. The summed E-state index contributed by atoms with van der Waals surface area (Å²) in [5.41, 5.74) is -3.72. The van der Waals surface area contributed by atoms with Gasteiger partial charge in [0.25, 0.3) is 5.91 Å². The van der Waals surface area contributed by atoms with Crippen molar-refractivity contribution in [3.8, 4) is 0 Å². The van der Waals surface area contributed by atoms with Gasteiger partial charge in [-0.1, -0.05) is 23.2 Å². The van der Waals surface area contributed by atoms with Gasteiger partial charge >= 0.3 is 6.18 Å². The monoisotopic (exact) mass is 377 g/mol. The largest absolute Gasteiger partial charge is 0.426 e. The molecule has 0 aliphatic rings. The fraction of sp³-hybridized carbons (Fsp3) is 0.417. The van der Waals surface area contributed by atoms with Crippen LogP contribution in [0.5, 0.6) is 0 Å². The Bertz CT molecular complexity index is 567. The molecule has 1 aromatic rings. The summed E-state index contributed by atoms with van der Waals surface area (Å²) in [5.74, 6) is -1.32. The molecular formula is C12H12Cl2F3NO3S. The maximum Gasteiger partial charge on any atom is 0.426 e. The molecule has 0 saturated carbocycles. The first-order valence-electron chi connectivity index (χ1n) is 5.84. The van der Waals surface area contributed by atoms with E-state index in [2.05, 4.69) is 0 Å². The van der Waals surface area contributed by atoms with E-state index in [-0.39, 0.29) is 22.3 Å². The zero-order valence-electron chi connectivity index (χ0n) is 11.2. The van der Waals surface area contributed by atoms with Crippen LogP contribution in [-0.4, -0.2) is 40.3 Å². The summed E-state index contributed by atoms with van der Waals surface area (Å²) in [6.45, 7) is 0.245. The van der Waals surface area contributed by atoms with Gasteiger partial charge in [-0.25, -0.2) is 0 Å². The van der Waals surface area contributed by atoms with Gasteiger partial charge in [-0.2, -0.15) is 13.2 Å². The molecule has 0 fully saturated rings. The lowest BCUT2D eigenvalue weighted by molar-refractivity contribution is -0.242. The van der Waals surface area contributed by atoms with E-state index in [4.69, 9.17) is 28.3 Å². The fourth-order valence-electron chi connectivity index (χ4n) is 1.27. The van der Waals surface area contributed by atoms with Gasteiger partial charge in [-0.05, 0) is 19.1 Å².